The maximum atomic E-state index is 12.0. The largest absolute Gasteiger partial charge is 0.342 e. The van der Waals surface area contributed by atoms with Crippen molar-refractivity contribution in [2.24, 2.45) is 0 Å². The van der Waals surface area contributed by atoms with Crippen LogP contribution >= 0.6 is 11.3 Å². The minimum Gasteiger partial charge on any atom is -0.342 e. The van der Waals surface area contributed by atoms with Crippen LogP contribution in [0.15, 0.2) is 16.8 Å². The van der Waals surface area contributed by atoms with Crippen molar-refractivity contribution in [3.05, 3.63) is 22.4 Å². The van der Waals surface area contributed by atoms with E-state index in [1.165, 1.54) is 0 Å². The fourth-order valence-corrected chi connectivity index (χ4v) is 2.88. The predicted molar refractivity (Wildman–Crippen MR) is 68.1 cm³/mol. The smallest absolute Gasteiger partial charge is 0.227 e. The Balaban J connectivity index is 1.88. The molecule has 0 atom stereocenters. The molecule has 0 bridgehead atoms. The summed E-state index contributed by atoms with van der Waals surface area (Å²) in [4.78, 5) is 25.0. The molecule has 0 saturated heterocycles. The van der Waals surface area contributed by atoms with Gasteiger partial charge in [0.2, 0.25) is 5.91 Å². The average Bonchev–Trinajstić information content (AvgIpc) is 2.82. The summed E-state index contributed by atoms with van der Waals surface area (Å²) in [5, 5.41) is 4.00. The van der Waals surface area contributed by atoms with Gasteiger partial charge in [0.1, 0.15) is 5.78 Å². The van der Waals surface area contributed by atoms with Gasteiger partial charge in [-0.25, -0.2) is 0 Å². The van der Waals surface area contributed by atoms with E-state index in [1.807, 2.05) is 28.8 Å². The first kappa shape index (κ1) is 12.3. The molecule has 1 aliphatic rings. The van der Waals surface area contributed by atoms with Gasteiger partial charge >= 0.3 is 0 Å². The standard InChI is InChI=1S/C13H17NO2S/c1-14(11-2-4-12(15)5-3-11)13(16)8-10-6-7-17-9-10/h6-7,9,11H,2-5,8H2,1H3. The molecule has 0 N–H and O–H groups in total. The summed E-state index contributed by atoms with van der Waals surface area (Å²) in [6, 6.07) is 2.24. The van der Waals surface area contributed by atoms with Crippen molar-refractivity contribution in [3.8, 4) is 0 Å². The van der Waals surface area contributed by atoms with Crippen LogP contribution in [0.25, 0.3) is 0 Å². The van der Waals surface area contributed by atoms with Gasteiger partial charge in [0.25, 0.3) is 0 Å². The van der Waals surface area contributed by atoms with E-state index in [-0.39, 0.29) is 11.9 Å². The molecule has 1 amide bonds. The monoisotopic (exact) mass is 251 g/mol. The maximum absolute atomic E-state index is 12.0. The molecule has 3 nitrogen and oxygen atoms in total. The average molecular weight is 251 g/mol. The van der Waals surface area contributed by atoms with Gasteiger partial charge in [0.15, 0.2) is 0 Å². The molecule has 0 unspecified atom stereocenters. The normalized spacial score (nSPS) is 17.1. The zero-order chi connectivity index (χ0) is 12.3. The second-order valence-corrected chi connectivity index (χ2v) is 5.36. The molecular weight excluding hydrogens is 234 g/mol. The van der Waals surface area contributed by atoms with Crippen LogP contribution in [0.1, 0.15) is 31.2 Å². The molecule has 92 valence electrons. The first-order valence-electron chi connectivity index (χ1n) is 5.95. The summed E-state index contributed by atoms with van der Waals surface area (Å²) in [6.45, 7) is 0. The fourth-order valence-electron chi connectivity index (χ4n) is 2.21. The van der Waals surface area contributed by atoms with E-state index in [1.54, 1.807) is 11.3 Å². The second kappa shape index (κ2) is 5.45. The van der Waals surface area contributed by atoms with Crippen molar-refractivity contribution in [1.82, 2.24) is 4.90 Å². The Morgan fingerprint density at radius 2 is 2.18 bits per heavy atom. The van der Waals surface area contributed by atoms with Crippen molar-refractivity contribution in [1.29, 1.82) is 0 Å². The van der Waals surface area contributed by atoms with Crippen LogP contribution in [0.3, 0.4) is 0 Å². The van der Waals surface area contributed by atoms with Gasteiger partial charge in [-0.05, 0) is 35.2 Å². The molecule has 1 saturated carbocycles. The molecule has 0 aliphatic heterocycles. The highest BCUT2D eigenvalue weighted by Crippen LogP contribution is 2.20. The summed E-state index contributed by atoms with van der Waals surface area (Å²) in [7, 11) is 1.86. The van der Waals surface area contributed by atoms with Crippen LogP contribution in [0.5, 0.6) is 0 Å². The summed E-state index contributed by atoms with van der Waals surface area (Å²) >= 11 is 1.61. The molecule has 0 aromatic carbocycles. The topological polar surface area (TPSA) is 37.4 Å². The number of nitrogens with zero attached hydrogens (tertiary/aromatic N) is 1. The predicted octanol–water partition coefficient (Wildman–Crippen LogP) is 2.26. The highest BCUT2D eigenvalue weighted by atomic mass is 32.1. The Bertz CT molecular complexity index is 390. The van der Waals surface area contributed by atoms with E-state index in [0.717, 1.165) is 18.4 Å². The van der Waals surface area contributed by atoms with E-state index in [4.69, 9.17) is 0 Å². The number of carbonyl (C=O) groups excluding carboxylic acids is 2. The number of Topliss-reactive ketones (excluding diaryl/α,β-unsaturated/α-hetero) is 1. The Morgan fingerprint density at radius 1 is 1.47 bits per heavy atom. The third-order valence-corrected chi connectivity index (χ3v) is 4.12. The third kappa shape index (κ3) is 3.16. The highest BCUT2D eigenvalue weighted by molar-refractivity contribution is 7.07. The minimum absolute atomic E-state index is 0.155. The summed E-state index contributed by atoms with van der Waals surface area (Å²) in [5.74, 6) is 0.489. The Labute approximate surface area is 105 Å². The van der Waals surface area contributed by atoms with Gasteiger partial charge in [-0.3, -0.25) is 9.59 Å². The van der Waals surface area contributed by atoms with E-state index in [2.05, 4.69) is 0 Å². The number of hydrogen-bond donors (Lipinski definition) is 0. The van der Waals surface area contributed by atoms with Crippen LogP contribution in [-0.2, 0) is 16.0 Å². The number of ketones is 1. The molecule has 1 aromatic rings. The first-order valence-corrected chi connectivity index (χ1v) is 6.89. The molecule has 2 rings (SSSR count). The van der Waals surface area contributed by atoms with Crippen molar-refractivity contribution >= 4 is 23.0 Å². The lowest BCUT2D eigenvalue weighted by Crippen LogP contribution is -2.40. The summed E-state index contributed by atoms with van der Waals surface area (Å²) < 4.78 is 0. The SMILES string of the molecule is CN(C(=O)Cc1ccsc1)C1CCC(=O)CC1. The molecule has 1 heterocycles. The van der Waals surface area contributed by atoms with Crippen molar-refractivity contribution < 1.29 is 9.59 Å². The molecule has 0 radical (unpaired) electrons. The van der Waals surface area contributed by atoms with Gasteiger partial charge in [-0.15, -0.1) is 0 Å². The Hall–Kier alpha value is -1.16. The van der Waals surface area contributed by atoms with Gasteiger partial charge in [0, 0.05) is 25.9 Å². The molecule has 1 aromatic heterocycles. The number of thiophene rings is 1. The van der Waals surface area contributed by atoms with E-state index in [0.29, 0.717) is 25.0 Å². The molecule has 4 heteroatoms. The van der Waals surface area contributed by atoms with Crippen molar-refractivity contribution in [2.45, 2.75) is 38.1 Å². The molecule has 0 spiro atoms. The minimum atomic E-state index is 0.155. The van der Waals surface area contributed by atoms with Gasteiger partial charge < -0.3 is 4.90 Å². The van der Waals surface area contributed by atoms with Crippen LogP contribution in [0.4, 0.5) is 0 Å². The van der Waals surface area contributed by atoms with E-state index >= 15 is 0 Å². The van der Waals surface area contributed by atoms with Crippen molar-refractivity contribution in [3.63, 3.8) is 0 Å². The number of hydrogen-bond acceptors (Lipinski definition) is 3. The number of carbonyl (C=O) groups is 2. The lowest BCUT2D eigenvalue weighted by Gasteiger charge is -2.30. The Kier molecular flexibility index (Phi) is 3.94. The fraction of sp³-hybridized carbons (Fsp3) is 0.538. The number of likely N-dealkylation sites (N-methyl/N-ethyl adjacent to an activating group) is 1. The molecule has 17 heavy (non-hydrogen) atoms. The lowest BCUT2D eigenvalue weighted by atomic mass is 9.93. The van der Waals surface area contributed by atoms with Crippen LogP contribution in [0.2, 0.25) is 0 Å². The van der Waals surface area contributed by atoms with Gasteiger partial charge in [-0.2, -0.15) is 11.3 Å². The van der Waals surface area contributed by atoms with E-state index < -0.39 is 0 Å². The molecule has 1 aliphatic carbocycles. The number of rotatable bonds is 3. The van der Waals surface area contributed by atoms with Crippen LogP contribution in [-0.4, -0.2) is 29.7 Å². The first-order chi connectivity index (χ1) is 8.16. The van der Waals surface area contributed by atoms with Gasteiger partial charge in [0.05, 0.1) is 6.42 Å². The number of amides is 1. The third-order valence-electron chi connectivity index (χ3n) is 3.39. The zero-order valence-electron chi connectivity index (χ0n) is 10.0. The maximum Gasteiger partial charge on any atom is 0.227 e. The molecular formula is C13H17NO2S. The van der Waals surface area contributed by atoms with Crippen LogP contribution in [0, 0.1) is 0 Å². The molecule has 1 fully saturated rings. The van der Waals surface area contributed by atoms with Gasteiger partial charge in [-0.1, -0.05) is 0 Å². The summed E-state index contributed by atoms with van der Waals surface area (Å²) in [5.41, 5.74) is 1.08. The van der Waals surface area contributed by atoms with E-state index in [9.17, 15) is 9.59 Å². The van der Waals surface area contributed by atoms with Crippen molar-refractivity contribution in [2.75, 3.05) is 7.05 Å². The Morgan fingerprint density at radius 3 is 2.76 bits per heavy atom. The van der Waals surface area contributed by atoms with Crippen LogP contribution < -0.4 is 0 Å². The zero-order valence-corrected chi connectivity index (χ0v) is 10.8. The second-order valence-electron chi connectivity index (χ2n) is 4.58. The lowest BCUT2D eigenvalue weighted by molar-refractivity contribution is -0.133. The quantitative estimate of drug-likeness (QED) is 0.826. The summed E-state index contributed by atoms with van der Waals surface area (Å²) in [6.07, 6.45) is 3.38. The highest BCUT2D eigenvalue weighted by Gasteiger charge is 2.25.